The van der Waals surface area contributed by atoms with Crippen molar-refractivity contribution < 1.29 is 4.79 Å². The minimum absolute atomic E-state index is 0.0786. The zero-order valence-electron chi connectivity index (χ0n) is 10.2. The number of hydrogen-bond acceptors (Lipinski definition) is 2. The fourth-order valence-electron chi connectivity index (χ4n) is 1.91. The second-order valence-corrected chi connectivity index (χ2v) is 5.97. The highest BCUT2D eigenvalue weighted by Gasteiger charge is 2.52. The Hall–Kier alpha value is -0.840. The van der Waals surface area contributed by atoms with Crippen molar-refractivity contribution >= 4 is 46.3 Å². The van der Waals surface area contributed by atoms with Gasteiger partial charge < -0.3 is 11.1 Å². The average Bonchev–Trinajstić information content (AvgIpc) is 3.13. The van der Waals surface area contributed by atoms with E-state index in [1.54, 1.807) is 12.1 Å². The summed E-state index contributed by atoms with van der Waals surface area (Å²) in [4.78, 5) is 12.3. The number of rotatable bonds is 5. The van der Waals surface area contributed by atoms with Crippen LogP contribution in [0.15, 0.2) is 18.2 Å². The monoisotopic (exact) mass is 316 g/mol. The van der Waals surface area contributed by atoms with Gasteiger partial charge in [0.05, 0.1) is 10.4 Å². The molecule has 3 nitrogen and oxygen atoms in total. The molecule has 0 atom stereocenters. The Balaban J connectivity index is 1.87. The summed E-state index contributed by atoms with van der Waals surface area (Å²) in [6.45, 7) is 0.505. The highest BCUT2D eigenvalue weighted by Crippen LogP contribution is 2.46. The Bertz CT molecular complexity index is 529. The van der Waals surface area contributed by atoms with E-state index in [0.717, 1.165) is 18.4 Å². The van der Waals surface area contributed by atoms with Crippen LogP contribution in [0.5, 0.6) is 0 Å². The van der Waals surface area contributed by atoms with E-state index in [9.17, 15) is 4.79 Å². The maximum atomic E-state index is 12.0. The topological polar surface area (TPSA) is 55.1 Å². The Labute approximate surface area is 127 Å². The van der Waals surface area contributed by atoms with Crippen LogP contribution in [0.2, 0.25) is 10.0 Å². The average molecular weight is 317 g/mol. The number of thiocarbonyl (C=S) groups is 1. The second-order valence-electron chi connectivity index (χ2n) is 4.69. The molecule has 1 aromatic carbocycles. The molecule has 6 heteroatoms. The summed E-state index contributed by atoms with van der Waals surface area (Å²) in [5.74, 6) is -0.0786. The van der Waals surface area contributed by atoms with Gasteiger partial charge in [-0.3, -0.25) is 4.79 Å². The minimum atomic E-state index is -0.598. The normalized spacial score (nSPS) is 15.9. The minimum Gasteiger partial charge on any atom is -0.392 e. The number of nitrogens with one attached hydrogen (secondary N) is 1. The van der Waals surface area contributed by atoms with Gasteiger partial charge in [0.15, 0.2) is 0 Å². The van der Waals surface area contributed by atoms with E-state index in [0.29, 0.717) is 23.0 Å². The molecule has 0 heterocycles. The lowest BCUT2D eigenvalue weighted by molar-refractivity contribution is -0.123. The van der Waals surface area contributed by atoms with Crippen LogP contribution < -0.4 is 11.1 Å². The molecule has 0 spiro atoms. The van der Waals surface area contributed by atoms with Crippen molar-refractivity contribution in [3.8, 4) is 0 Å². The molecular formula is C13H14Cl2N2OS. The lowest BCUT2D eigenvalue weighted by Crippen LogP contribution is -2.40. The Morgan fingerprint density at radius 2 is 2.11 bits per heavy atom. The van der Waals surface area contributed by atoms with Crippen molar-refractivity contribution in [2.75, 3.05) is 6.54 Å². The van der Waals surface area contributed by atoms with E-state index < -0.39 is 5.41 Å². The molecule has 0 aromatic heterocycles. The second kappa shape index (κ2) is 5.65. The molecular weight excluding hydrogens is 303 g/mol. The van der Waals surface area contributed by atoms with Crippen LogP contribution in [-0.2, 0) is 11.2 Å². The molecule has 19 heavy (non-hydrogen) atoms. The van der Waals surface area contributed by atoms with E-state index in [1.807, 2.05) is 6.07 Å². The van der Waals surface area contributed by atoms with Crippen molar-refractivity contribution in [1.82, 2.24) is 5.32 Å². The third kappa shape index (κ3) is 3.19. The van der Waals surface area contributed by atoms with Crippen molar-refractivity contribution in [3.05, 3.63) is 33.8 Å². The van der Waals surface area contributed by atoms with E-state index in [1.165, 1.54) is 0 Å². The number of carbonyl (C=O) groups is 1. The lowest BCUT2D eigenvalue weighted by atomic mass is 10.1. The molecule has 0 unspecified atom stereocenters. The summed E-state index contributed by atoms with van der Waals surface area (Å²) in [7, 11) is 0. The van der Waals surface area contributed by atoms with Crippen molar-refractivity contribution in [3.63, 3.8) is 0 Å². The van der Waals surface area contributed by atoms with Crippen molar-refractivity contribution in [2.24, 2.45) is 11.1 Å². The third-order valence-corrected chi connectivity index (χ3v) is 4.33. The molecule has 2 rings (SSSR count). The smallest absolute Gasteiger partial charge is 0.233 e. The predicted octanol–water partition coefficient (Wildman–Crippen LogP) is 2.72. The first-order valence-corrected chi connectivity index (χ1v) is 7.14. The van der Waals surface area contributed by atoms with E-state index in [4.69, 9.17) is 41.2 Å². The third-order valence-electron chi connectivity index (χ3n) is 3.35. The number of nitrogens with two attached hydrogens (primary N) is 1. The van der Waals surface area contributed by atoms with Gasteiger partial charge in [-0.05, 0) is 37.0 Å². The van der Waals surface area contributed by atoms with E-state index >= 15 is 0 Å². The molecule has 102 valence electrons. The van der Waals surface area contributed by atoms with Gasteiger partial charge in [-0.1, -0.05) is 41.5 Å². The number of carbonyl (C=O) groups excluding carboxylic acids is 1. The van der Waals surface area contributed by atoms with Gasteiger partial charge in [0.2, 0.25) is 5.91 Å². The zero-order valence-corrected chi connectivity index (χ0v) is 12.5. The van der Waals surface area contributed by atoms with Crippen LogP contribution in [0.3, 0.4) is 0 Å². The summed E-state index contributed by atoms with van der Waals surface area (Å²) in [5, 5.41) is 4.07. The van der Waals surface area contributed by atoms with Gasteiger partial charge >= 0.3 is 0 Å². The molecule has 0 aliphatic heterocycles. The van der Waals surface area contributed by atoms with Gasteiger partial charge in [0.25, 0.3) is 0 Å². The van der Waals surface area contributed by atoms with Crippen LogP contribution in [0.25, 0.3) is 0 Å². The van der Waals surface area contributed by atoms with Gasteiger partial charge in [-0.2, -0.15) is 0 Å². The molecule has 0 saturated heterocycles. The summed E-state index contributed by atoms with van der Waals surface area (Å²) in [6, 6.07) is 5.33. The fourth-order valence-corrected chi connectivity index (χ4v) is 2.71. The number of amides is 1. The summed E-state index contributed by atoms with van der Waals surface area (Å²) in [5.41, 5.74) is 5.94. The molecule has 1 fully saturated rings. The molecule has 1 aliphatic carbocycles. The first-order valence-electron chi connectivity index (χ1n) is 5.98. The van der Waals surface area contributed by atoms with Gasteiger partial charge in [-0.15, -0.1) is 0 Å². The fraction of sp³-hybridized carbons (Fsp3) is 0.385. The van der Waals surface area contributed by atoms with E-state index in [-0.39, 0.29) is 10.9 Å². The quantitative estimate of drug-likeness (QED) is 0.821. The van der Waals surface area contributed by atoms with Crippen LogP contribution in [0.4, 0.5) is 0 Å². The van der Waals surface area contributed by atoms with Gasteiger partial charge in [-0.25, -0.2) is 0 Å². The summed E-state index contributed by atoms with van der Waals surface area (Å²) >= 11 is 16.8. The van der Waals surface area contributed by atoms with Crippen LogP contribution >= 0.6 is 35.4 Å². The highest BCUT2D eigenvalue weighted by molar-refractivity contribution is 7.80. The molecule has 0 radical (unpaired) electrons. The maximum absolute atomic E-state index is 12.0. The zero-order chi connectivity index (χ0) is 14.0. The highest BCUT2D eigenvalue weighted by atomic mass is 35.5. The molecule has 1 aromatic rings. The number of benzene rings is 1. The Morgan fingerprint density at radius 3 is 2.63 bits per heavy atom. The SMILES string of the molecule is NC(=S)C1(C(=O)NCCc2ccc(Cl)cc2Cl)CC1. The summed E-state index contributed by atoms with van der Waals surface area (Å²) in [6.07, 6.45) is 2.14. The van der Waals surface area contributed by atoms with Crippen LogP contribution in [-0.4, -0.2) is 17.4 Å². The van der Waals surface area contributed by atoms with Crippen LogP contribution in [0.1, 0.15) is 18.4 Å². The van der Waals surface area contributed by atoms with Crippen molar-refractivity contribution in [1.29, 1.82) is 0 Å². The van der Waals surface area contributed by atoms with Gasteiger partial charge in [0, 0.05) is 16.6 Å². The standard InChI is InChI=1S/C13H14Cl2N2OS/c14-9-2-1-8(10(15)7-9)3-6-17-12(18)13(4-5-13)11(16)19/h1-2,7H,3-6H2,(H2,16,19)(H,17,18). The lowest BCUT2D eigenvalue weighted by Gasteiger charge is -2.13. The summed E-state index contributed by atoms with van der Waals surface area (Å²) < 4.78 is 0. The Morgan fingerprint density at radius 1 is 1.42 bits per heavy atom. The predicted molar refractivity (Wildman–Crippen MR) is 81.6 cm³/mol. The van der Waals surface area contributed by atoms with Crippen molar-refractivity contribution in [2.45, 2.75) is 19.3 Å². The molecule has 0 bridgehead atoms. The Kier molecular flexibility index (Phi) is 4.33. The molecule has 1 amide bonds. The molecule has 1 aliphatic rings. The largest absolute Gasteiger partial charge is 0.392 e. The van der Waals surface area contributed by atoms with Crippen LogP contribution in [0, 0.1) is 5.41 Å². The van der Waals surface area contributed by atoms with E-state index in [2.05, 4.69) is 5.32 Å². The first-order chi connectivity index (χ1) is 8.95. The number of halogens is 2. The molecule has 1 saturated carbocycles. The van der Waals surface area contributed by atoms with Gasteiger partial charge in [0.1, 0.15) is 0 Å². The maximum Gasteiger partial charge on any atom is 0.233 e. The number of hydrogen-bond donors (Lipinski definition) is 2. The first kappa shape index (κ1) is 14.6. The molecule has 3 N–H and O–H groups in total.